The largest absolute Gasteiger partial charge is 0.352 e. The maximum atomic E-state index is 13.5. The summed E-state index contributed by atoms with van der Waals surface area (Å²) in [6.07, 6.45) is 1.52. The lowest BCUT2D eigenvalue weighted by atomic mass is 10.1. The average Bonchev–Trinajstić information content (AvgIpc) is 2.34. The van der Waals surface area contributed by atoms with Crippen LogP contribution in [-0.2, 0) is 6.42 Å². The zero-order valence-corrected chi connectivity index (χ0v) is 11.3. The van der Waals surface area contributed by atoms with E-state index in [0.29, 0.717) is 24.1 Å². The van der Waals surface area contributed by atoms with Crippen LogP contribution in [0, 0.1) is 5.82 Å². The number of nitrogens with one attached hydrogen (secondary N) is 1. The first-order valence-corrected chi connectivity index (χ1v) is 6.26. The number of aryl methyl sites for hydroxylation is 1. The van der Waals surface area contributed by atoms with Gasteiger partial charge >= 0.3 is 0 Å². The van der Waals surface area contributed by atoms with Gasteiger partial charge in [0.05, 0.1) is 0 Å². The third kappa shape index (κ3) is 4.45. The first-order valence-electron chi connectivity index (χ1n) is 6.26. The lowest BCUT2D eigenvalue weighted by molar-refractivity contribution is 0.0952. The van der Waals surface area contributed by atoms with Crippen molar-refractivity contribution in [3.63, 3.8) is 0 Å². The Morgan fingerprint density at radius 2 is 2.11 bits per heavy atom. The van der Waals surface area contributed by atoms with Crippen molar-refractivity contribution < 1.29 is 9.18 Å². The van der Waals surface area contributed by atoms with E-state index >= 15 is 0 Å². The second-order valence-corrected chi connectivity index (χ2v) is 4.57. The Morgan fingerprint density at radius 3 is 2.67 bits per heavy atom. The van der Waals surface area contributed by atoms with Crippen molar-refractivity contribution in [3.8, 4) is 0 Å². The van der Waals surface area contributed by atoms with Crippen molar-refractivity contribution in [1.29, 1.82) is 0 Å². The summed E-state index contributed by atoms with van der Waals surface area (Å²) >= 11 is 0. The summed E-state index contributed by atoms with van der Waals surface area (Å²) in [6, 6.07) is 4.65. The summed E-state index contributed by atoms with van der Waals surface area (Å²) in [5.41, 5.74) is 1.02. The van der Waals surface area contributed by atoms with E-state index in [2.05, 4.69) is 10.2 Å². The van der Waals surface area contributed by atoms with Gasteiger partial charge in [-0.2, -0.15) is 0 Å². The minimum atomic E-state index is -0.307. The van der Waals surface area contributed by atoms with Crippen LogP contribution in [0.3, 0.4) is 0 Å². The fourth-order valence-electron chi connectivity index (χ4n) is 1.67. The van der Waals surface area contributed by atoms with Crippen molar-refractivity contribution in [1.82, 2.24) is 10.2 Å². The molecule has 1 amide bonds. The van der Waals surface area contributed by atoms with Gasteiger partial charge in [0, 0.05) is 12.1 Å². The number of amides is 1. The molecule has 0 aliphatic rings. The first kappa shape index (κ1) is 14.6. The zero-order chi connectivity index (χ0) is 13.5. The lowest BCUT2D eigenvalue weighted by Gasteiger charge is -2.10. The fourth-order valence-corrected chi connectivity index (χ4v) is 1.67. The number of hydrogen-bond acceptors (Lipinski definition) is 2. The van der Waals surface area contributed by atoms with E-state index in [1.807, 2.05) is 21.0 Å². The van der Waals surface area contributed by atoms with Gasteiger partial charge in [-0.3, -0.25) is 4.79 Å². The van der Waals surface area contributed by atoms with E-state index in [-0.39, 0.29) is 11.7 Å². The summed E-state index contributed by atoms with van der Waals surface area (Å²) in [4.78, 5) is 13.8. The molecule has 0 saturated carbocycles. The highest BCUT2D eigenvalue weighted by Gasteiger charge is 2.08. The second-order valence-electron chi connectivity index (χ2n) is 4.57. The summed E-state index contributed by atoms with van der Waals surface area (Å²) < 4.78 is 13.5. The molecule has 0 fully saturated rings. The minimum absolute atomic E-state index is 0.213. The predicted molar refractivity (Wildman–Crippen MR) is 71.3 cm³/mol. The summed E-state index contributed by atoms with van der Waals surface area (Å²) in [5, 5.41) is 2.79. The molecular weight excluding hydrogens is 231 g/mol. The normalized spacial score (nSPS) is 10.7. The molecule has 0 heterocycles. The molecule has 0 aliphatic heterocycles. The van der Waals surface area contributed by atoms with Gasteiger partial charge in [0.25, 0.3) is 5.91 Å². The molecule has 0 bridgehead atoms. The molecule has 1 rings (SSSR count). The van der Waals surface area contributed by atoms with E-state index in [0.717, 1.165) is 13.0 Å². The number of benzene rings is 1. The Balaban J connectivity index is 2.49. The van der Waals surface area contributed by atoms with Gasteiger partial charge in [-0.05, 0) is 51.2 Å². The van der Waals surface area contributed by atoms with Crippen molar-refractivity contribution in [3.05, 3.63) is 35.1 Å². The number of hydrogen-bond donors (Lipinski definition) is 1. The standard InChI is InChI=1S/C14H21FN2O/c1-4-11-6-7-12(10-13(11)15)14(18)16-8-5-9-17(2)3/h6-7,10H,4-5,8-9H2,1-3H3,(H,16,18). The van der Waals surface area contributed by atoms with Crippen molar-refractivity contribution in [2.45, 2.75) is 19.8 Å². The van der Waals surface area contributed by atoms with Crippen LogP contribution in [0.5, 0.6) is 0 Å². The minimum Gasteiger partial charge on any atom is -0.352 e. The molecule has 1 aromatic rings. The van der Waals surface area contributed by atoms with Crippen LogP contribution in [0.2, 0.25) is 0 Å². The molecule has 1 aromatic carbocycles. The highest BCUT2D eigenvalue weighted by molar-refractivity contribution is 5.94. The van der Waals surface area contributed by atoms with Crippen LogP contribution in [-0.4, -0.2) is 38.0 Å². The van der Waals surface area contributed by atoms with Gasteiger partial charge in [0.2, 0.25) is 0 Å². The Labute approximate surface area is 108 Å². The van der Waals surface area contributed by atoms with Crippen LogP contribution in [0.1, 0.15) is 29.3 Å². The number of carbonyl (C=O) groups excluding carboxylic acids is 1. The van der Waals surface area contributed by atoms with Crippen LogP contribution in [0.15, 0.2) is 18.2 Å². The molecule has 100 valence electrons. The monoisotopic (exact) mass is 252 g/mol. The molecule has 1 N–H and O–H groups in total. The quantitative estimate of drug-likeness (QED) is 0.786. The summed E-state index contributed by atoms with van der Waals surface area (Å²) in [5.74, 6) is -0.520. The fraction of sp³-hybridized carbons (Fsp3) is 0.500. The molecule has 0 atom stereocenters. The van der Waals surface area contributed by atoms with Gasteiger partial charge in [-0.15, -0.1) is 0 Å². The maximum Gasteiger partial charge on any atom is 0.251 e. The molecule has 0 spiro atoms. The van der Waals surface area contributed by atoms with E-state index < -0.39 is 0 Å². The third-order valence-electron chi connectivity index (χ3n) is 2.76. The first-order chi connectivity index (χ1) is 8.54. The van der Waals surface area contributed by atoms with E-state index in [4.69, 9.17) is 0 Å². The second kappa shape index (κ2) is 7.11. The zero-order valence-electron chi connectivity index (χ0n) is 11.3. The molecular formula is C14H21FN2O. The summed E-state index contributed by atoms with van der Waals surface area (Å²) in [7, 11) is 3.97. The molecule has 4 heteroatoms. The Morgan fingerprint density at radius 1 is 1.39 bits per heavy atom. The predicted octanol–water partition coefficient (Wildman–Crippen LogP) is 2.07. The molecule has 3 nitrogen and oxygen atoms in total. The van der Waals surface area contributed by atoms with E-state index in [9.17, 15) is 9.18 Å². The van der Waals surface area contributed by atoms with Crippen molar-refractivity contribution in [2.24, 2.45) is 0 Å². The SMILES string of the molecule is CCc1ccc(C(=O)NCCCN(C)C)cc1F. The van der Waals surface area contributed by atoms with Gasteiger partial charge < -0.3 is 10.2 Å². The van der Waals surface area contributed by atoms with Crippen LogP contribution in [0.25, 0.3) is 0 Å². The van der Waals surface area contributed by atoms with Gasteiger partial charge in [-0.25, -0.2) is 4.39 Å². The third-order valence-corrected chi connectivity index (χ3v) is 2.76. The highest BCUT2D eigenvalue weighted by Crippen LogP contribution is 2.10. The highest BCUT2D eigenvalue weighted by atomic mass is 19.1. The van der Waals surface area contributed by atoms with Crippen LogP contribution >= 0.6 is 0 Å². The van der Waals surface area contributed by atoms with Crippen LogP contribution in [0.4, 0.5) is 4.39 Å². The number of halogens is 1. The smallest absolute Gasteiger partial charge is 0.251 e. The van der Waals surface area contributed by atoms with Crippen LogP contribution < -0.4 is 5.32 Å². The molecule has 18 heavy (non-hydrogen) atoms. The number of carbonyl (C=O) groups is 1. The van der Waals surface area contributed by atoms with Gasteiger partial charge in [0.15, 0.2) is 0 Å². The molecule has 0 saturated heterocycles. The molecule has 0 aliphatic carbocycles. The molecule has 0 aromatic heterocycles. The average molecular weight is 252 g/mol. The molecule has 0 unspecified atom stereocenters. The number of rotatable bonds is 6. The Kier molecular flexibility index (Phi) is 5.78. The molecule has 0 radical (unpaired) electrons. The van der Waals surface area contributed by atoms with E-state index in [1.165, 1.54) is 6.07 Å². The lowest BCUT2D eigenvalue weighted by Crippen LogP contribution is -2.27. The summed E-state index contributed by atoms with van der Waals surface area (Å²) in [6.45, 7) is 3.41. The Hall–Kier alpha value is -1.42. The van der Waals surface area contributed by atoms with Gasteiger partial charge in [-0.1, -0.05) is 13.0 Å². The van der Waals surface area contributed by atoms with Gasteiger partial charge in [0.1, 0.15) is 5.82 Å². The Bertz CT molecular complexity index is 405. The van der Waals surface area contributed by atoms with E-state index in [1.54, 1.807) is 12.1 Å². The van der Waals surface area contributed by atoms with Crippen molar-refractivity contribution >= 4 is 5.91 Å². The number of nitrogens with zero attached hydrogens (tertiary/aromatic N) is 1. The van der Waals surface area contributed by atoms with Crippen molar-refractivity contribution in [2.75, 3.05) is 27.2 Å². The topological polar surface area (TPSA) is 32.3 Å². The maximum absolute atomic E-state index is 13.5.